The molecule has 2 fully saturated rings. The Bertz CT molecular complexity index is 2270. The van der Waals surface area contributed by atoms with Gasteiger partial charge in [0.1, 0.15) is 40.0 Å². The number of benzene rings is 2. The highest BCUT2D eigenvalue weighted by atomic mass is 32.2. The number of rotatable bonds is 5. The van der Waals surface area contributed by atoms with Gasteiger partial charge in [0.15, 0.2) is 5.82 Å². The van der Waals surface area contributed by atoms with Gasteiger partial charge < -0.3 is 28.8 Å². The maximum absolute atomic E-state index is 17.3. The van der Waals surface area contributed by atoms with E-state index in [2.05, 4.69) is 15.3 Å². The third kappa shape index (κ3) is 5.33. The fraction of sp³-hybridized carbons (Fsp3) is 0.424. The average Bonchev–Trinajstić information content (AvgIpc) is 3.73. The highest BCUT2D eigenvalue weighted by Gasteiger charge is 2.44. The molecule has 3 aliphatic rings. The number of sulfone groups is 1. The van der Waals surface area contributed by atoms with Crippen molar-refractivity contribution in [3.63, 3.8) is 0 Å². The zero-order chi connectivity index (χ0) is 35.9. The Hall–Kier alpha value is -5.08. The summed E-state index contributed by atoms with van der Waals surface area (Å²) >= 11 is 0. The molecule has 0 spiro atoms. The predicted molar refractivity (Wildman–Crippen MR) is 174 cm³/mol. The van der Waals surface area contributed by atoms with Gasteiger partial charge in [0.25, 0.3) is 0 Å². The summed E-state index contributed by atoms with van der Waals surface area (Å²) in [6, 6.07) is 3.46. The van der Waals surface area contributed by atoms with Crippen molar-refractivity contribution in [2.45, 2.75) is 76.6 Å². The summed E-state index contributed by atoms with van der Waals surface area (Å²) in [5.74, 6) is -2.59. The fourth-order valence-electron chi connectivity index (χ4n) is 7.11. The molecule has 2 amide bonds. The fourth-order valence-corrected chi connectivity index (χ4v) is 7.83. The van der Waals surface area contributed by atoms with Crippen molar-refractivity contribution in [3.05, 3.63) is 40.5 Å². The van der Waals surface area contributed by atoms with Crippen molar-refractivity contribution < 1.29 is 45.8 Å². The van der Waals surface area contributed by atoms with Crippen LogP contribution in [0.4, 0.5) is 30.1 Å². The molecule has 14 nitrogen and oxygen atoms in total. The summed E-state index contributed by atoms with van der Waals surface area (Å²) in [5.41, 5.74) is -1.65. The maximum Gasteiger partial charge on any atom is 0.414 e. The summed E-state index contributed by atoms with van der Waals surface area (Å²) in [6.45, 7) is 6.36. The first kappa shape index (κ1) is 33.4. The molecule has 2 aromatic heterocycles. The Morgan fingerprint density at radius 3 is 2.40 bits per heavy atom. The molecule has 2 bridgehead atoms. The molecule has 3 aliphatic heterocycles. The molecule has 2 unspecified atom stereocenters. The molecule has 2 saturated heterocycles. The molecule has 0 radical (unpaired) electrons. The second-order valence-corrected chi connectivity index (χ2v) is 15.6. The summed E-state index contributed by atoms with van der Waals surface area (Å²) in [4.78, 5) is 36.3. The quantitative estimate of drug-likeness (QED) is 0.241. The van der Waals surface area contributed by atoms with Crippen LogP contribution in [-0.2, 0) is 32.5 Å². The van der Waals surface area contributed by atoms with E-state index in [4.69, 9.17) is 13.9 Å². The average molecular weight is 711 g/mol. The number of hydrogen-bond donors (Lipinski definition) is 2. The maximum atomic E-state index is 17.3. The van der Waals surface area contributed by atoms with Crippen LogP contribution >= 0.6 is 0 Å². The van der Waals surface area contributed by atoms with Crippen LogP contribution in [0.5, 0.6) is 0 Å². The summed E-state index contributed by atoms with van der Waals surface area (Å²) in [5, 5.41) is 21.7. The Labute approximate surface area is 284 Å². The van der Waals surface area contributed by atoms with Crippen LogP contribution in [0.15, 0.2) is 21.7 Å². The molecule has 0 saturated carbocycles. The van der Waals surface area contributed by atoms with Crippen LogP contribution in [0.25, 0.3) is 33.0 Å². The number of carboxylic acid groups (broad SMARTS) is 1. The lowest BCUT2D eigenvalue weighted by molar-refractivity contribution is 0.0632. The van der Waals surface area contributed by atoms with Crippen molar-refractivity contribution >= 4 is 55.6 Å². The van der Waals surface area contributed by atoms with Crippen LogP contribution in [0.1, 0.15) is 57.2 Å². The van der Waals surface area contributed by atoms with E-state index in [1.54, 1.807) is 20.8 Å². The van der Waals surface area contributed by atoms with E-state index >= 15 is 8.78 Å². The summed E-state index contributed by atoms with van der Waals surface area (Å²) < 4.78 is 76.8. The zero-order valence-electron chi connectivity index (χ0n) is 27.5. The monoisotopic (exact) mass is 710 g/mol. The second kappa shape index (κ2) is 11.8. The smallest absolute Gasteiger partial charge is 0.414 e. The molecule has 262 valence electrons. The Morgan fingerprint density at radius 2 is 1.78 bits per heavy atom. The molecular formula is C33H32F2N6O8S. The minimum Gasteiger partial charge on any atom is -0.465 e. The first-order chi connectivity index (χ1) is 23.6. The SMILES string of the molecule is CCS(=O)(=O)c1nc(N2C3CCC2CN(C(=O)O)C3)c2c3c(c(-c4c(F)ccc5oc(NC(=O)OC(C)(C)C)c(C#N)c45)c(F)c2n1)COC3. The van der Waals surface area contributed by atoms with Crippen LogP contribution in [-0.4, -0.2) is 77.1 Å². The number of anilines is 2. The third-order valence-electron chi connectivity index (χ3n) is 9.19. The first-order valence-corrected chi connectivity index (χ1v) is 17.6. The number of likely N-dealkylation sites (tertiary alicyclic amines) is 1. The summed E-state index contributed by atoms with van der Waals surface area (Å²) in [6.07, 6.45) is -0.822. The number of carbonyl (C=O) groups excluding carboxylic acids is 1. The van der Waals surface area contributed by atoms with Gasteiger partial charge in [-0.3, -0.25) is 5.32 Å². The van der Waals surface area contributed by atoms with Crippen molar-refractivity contribution in [2.75, 3.05) is 29.1 Å². The molecule has 4 aromatic rings. The van der Waals surface area contributed by atoms with Crippen molar-refractivity contribution in [1.82, 2.24) is 14.9 Å². The normalized spacial score (nSPS) is 18.8. The molecular weight excluding hydrogens is 678 g/mol. The van der Waals surface area contributed by atoms with Gasteiger partial charge in [-0.2, -0.15) is 5.26 Å². The van der Waals surface area contributed by atoms with Gasteiger partial charge in [-0.15, -0.1) is 0 Å². The number of nitrogens with zero attached hydrogens (tertiary/aromatic N) is 5. The van der Waals surface area contributed by atoms with Crippen LogP contribution in [0, 0.1) is 23.0 Å². The number of amides is 2. The number of furan rings is 1. The van der Waals surface area contributed by atoms with Gasteiger partial charge >= 0.3 is 12.2 Å². The number of fused-ring (bicyclic) bond motifs is 6. The Balaban J connectivity index is 1.50. The van der Waals surface area contributed by atoms with Crippen molar-refractivity contribution in [3.8, 4) is 17.2 Å². The number of hydrogen-bond acceptors (Lipinski definition) is 11. The number of carbonyl (C=O) groups is 2. The van der Waals surface area contributed by atoms with E-state index in [1.807, 2.05) is 11.0 Å². The van der Waals surface area contributed by atoms with E-state index in [0.29, 0.717) is 18.4 Å². The van der Waals surface area contributed by atoms with Crippen LogP contribution in [0.2, 0.25) is 0 Å². The zero-order valence-corrected chi connectivity index (χ0v) is 28.3. The van der Waals surface area contributed by atoms with Gasteiger partial charge in [0, 0.05) is 36.3 Å². The molecule has 2 aromatic carbocycles. The number of nitrogens with one attached hydrogen (secondary N) is 1. The lowest BCUT2D eigenvalue weighted by atomic mass is 9.90. The minimum absolute atomic E-state index is 0.0401. The van der Waals surface area contributed by atoms with Gasteiger partial charge in [-0.1, -0.05) is 6.92 Å². The van der Waals surface area contributed by atoms with E-state index in [9.17, 15) is 28.4 Å². The molecule has 5 heterocycles. The van der Waals surface area contributed by atoms with E-state index in [1.165, 1.54) is 17.9 Å². The molecule has 0 aliphatic carbocycles. The summed E-state index contributed by atoms with van der Waals surface area (Å²) in [7, 11) is -4.11. The number of nitriles is 1. The Kier molecular flexibility index (Phi) is 7.86. The number of halogens is 2. The van der Waals surface area contributed by atoms with E-state index < -0.39 is 49.9 Å². The van der Waals surface area contributed by atoms with E-state index in [-0.39, 0.29) is 94.5 Å². The van der Waals surface area contributed by atoms with Crippen molar-refractivity contribution in [2.24, 2.45) is 0 Å². The highest BCUT2D eigenvalue weighted by molar-refractivity contribution is 7.91. The lowest BCUT2D eigenvalue weighted by Gasteiger charge is -2.41. The van der Waals surface area contributed by atoms with E-state index in [0.717, 1.165) is 6.07 Å². The predicted octanol–water partition coefficient (Wildman–Crippen LogP) is 5.69. The van der Waals surface area contributed by atoms with Gasteiger partial charge in [-0.25, -0.2) is 36.8 Å². The van der Waals surface area contributed by atoms with Gasteiger partial charge in [-0.05, 0) is 56.9 Å². The minimum atomic E-state index is -4.11. The number of ether oxygens (including phenoxy) is 2. The standard InChI is InChI=1S/C33H32F2N6O8S/c1-5-50(45,46)30-37-27-24(28(38-30)41-15-6-7-16(41)12-40(11-15)32(43)44)19-14-47-13-18(19)23(26(27)35)25-20(34)8-9-21-22(25)17(10-36)29(48-21)39-31(42)49-33(2,3)4/h8-9,15-16H,5-7,11-14H2,1-4H3,(H,39,42)(H,43,44). The van der Waals surface area contributed by atoms with Crippen molar-refractivity contribution in [1.29, 1.82) is 5.26 Å². The second-order valence-electron chi connectivity index (χ2n) is 13.4. The molecule has 50 heavy (non-hydrogen) atoms. The third-order valence-corrected chi connectivity index (χ3v) is 10.7. The lowest BCUT2D eigenvalue weighted by Crippen LogP contribution is -2.55. The molecule has 2 atom stereocenters. The highest BCUT2D eigenvalue weighted by Crippen LogP contribution is 2.48. The molecule has 2 N–H and O–H groups in total. The van der Waals surface area contributed by atoms with Crippen LogP contribution in [0.3, 0.4) is 0 Å². The molecule has 17 heteroatoms. The Morgan fingerprint density at radius 1 is 1.10 bits per heavy atom. The van der Waals surface area contributed by atoms with Gasteiger partial charge in [0.05, 0.1) is 29.7 Å². The topological polar surface area (TPSA) is 188 Å². The molecule has 7 rings (SSSR count). The van der Waals surface area contributed by atoms with Gasteiger partial charge in [0.2, 0.25) is 20.9 Å². The largest absolute Gasteiger partial charge is 0.465 e. The van der Waals surface area contributed by atoms with Crippen LogP contribution < -0.4 is 10.2 Å². The number of piperazine rings is 1. The first-order valence-electron chi connectivity index (χ1n) is 15.9. The number of aromatic nitrogens is 2.